The summed E-state index contributed by atoms with van der Waals surface area (Å²) in [4.78, 5) is 24.0. The Bertz CT molecular complexity index is 1430. The molecule has 7 nitrogen and oxygen atoms in total. The molecule has 0 aromatic heterocycles. The van der Waals surface area contributed by atoms with Crippen LogP contribution in [-0.2, 0) is 27.4 Å². The summed E-state index contributed by atoms with van der Waals surface area (Å²) in [5.74, 6) is 0.926. The van der Waals surface area contributed by atoms with Crippen LogP contribution in [0.3, 0.4) is 0 Å². The first-order valence-corrected chi connectivity index (χ1v) is 18.7. The SMILES string of the molecule is CCCCCCCCOC(=O)Oc1ccc(-c2ccc(COCc3ccc(-c4ccc(OC(=O)OCCCCCCCC)cc4)cc3)cc2)cc1. The van der Waals surface area contributed by atoms with Crippen molar-refractivity contribution in [3.8, 4) is 33.8 Å². The van der Waals surface area contributed by atoms with Crippen molar-refractivity contribution < 1.29 is 33.3 Å². The third-order valence-electron chi connectivity index (χ3n) is 8.66. The van der Waals surface area contributed by atoms with E-state index in [4.69, 9.17) is 23.7 Å². The Hall–Kier alpha value is -4.62. The Morgan fingerprint density at radius 1 is 0.412 bits per heavy atom. The van der Waals surface area contributed by atoms with E-state index in [2.05, 4.69) is 62.4 Å². The van der Waals surface area contributed by atoms with Crippen LogP contribution in [0.1, 0.15) is 102 Å². The largest absolute Gasteiger partial charge is 0.513 e. The standard InChI is InChI=1S/C44H54O7/c1-3-5-7-9-11-13-31-48-43(45)50-41-27-23-39(24-28-41)37-19-15-35(16-20-37)33-47-34-36-17-21-38(22-18-36)40-25-29-42(30-26-40)51-44(46)49-32-14-12-10-8-6-4-2/h15-30H,3-14,31-34H2,1-2H3. The first-order chi connectivity index (χ1) is 25.0. The van der Waals surface area contributed by atoms with Crippen molar-refractivity contribution >= 4 is 12.3 Å². The van der Waals surface area contributed by atoms with Crippen molar-refractivity contribution in [2.75, 3.05) is 13.2 Å². The van der Waals surface area contributed by atoms with Gasteiger partial charge in [0.15, 0.2) is 0 Å². The van der Waals surface area contributed by atoms with Gasteiger partial charge in [-0.15, -0.1) is 0 Å². The number of unbranched alkanes of at least 4 members (excludes halogenated alkanes) is 10. The summed E-state index contributed by atoms with van der Waals surface area (Å²) in [6.45, 7) is 6.17. The van der Waals surface area contributed by atoms with Gasteiger partial charge in [-0.05, 0) is 70.5 Å². The highest BCUT2D eigenvalue weighted by atomic mass is 16.7. The summed E-state index contributed by atoms with van der Waals surface area (Å²) < 4.78 is 27.1. The number of benzene rings is 4. The summed E-state index contributed by atoms with van der Waals surface area (Å²) in [6.07, 6.45) is 12.3. The normalized spacial score (nSPS) is 10.9. The fourth-order valence-corrected chi connectivity index (χ4v) is 5.63. The van der Waals surface area contributed by atoms with Gasteiger partial charge in [0.25, 0.3) is 0 Å². The van der Waals surface area contributed by atoms with Gasteiger partial charge in [0.1, 0.15) is 11.5 Å². The van der Waals surface area contributed by atoms with Crippen molar-refractivity contribution in [2.24, 2.45) is 0 Å². The van der Waals surface area contributed by atoms with E-state index in [-0.39, 0.29) is 0 Å². The van der Waals surface area contributed by atoms with Crippen LogP contribution in [0.2, 0.25) is 0 Å². The Kier molecular flexibility index (Phi) is 17.6. The molecule has 0 atom stereocenters. The molecule has 4 rings (SSSR count). The zero-order valence-corrected chi connectivity index (χ0v) is 30.4. The monoisotopic (exact) mass is 694 g/mol. The number of hydrogen-bond acceptors (Lipinski definition) is 7. The molecule has 51 heavy (non-hydrogen) atoms. The van der Waals surface area contributed by atoms with Crippen LogP contribution in [0.5, 0.6) is 11.5 Å². The molecule has 0 aliphatic rings. The van der Waals surface area contributed by atoms with Crippen LogP contribution in [0.15, 0.2) is 97.1 Å². The van der Waals surface area contributed by atoms with Gasteiger partial charge in [-0.1, -0.05) is 151 Å². The van der Waals surface area contributed by atoms with Gasteiger partial charge in [-0.2, -0.15) is 0 Å². The highest BCUT2D eigenvalue weighted by molar-refractivity contribution is 5.68. The Balaban J connectivity index is 1.13. The molecule has 4 aromatic carbocycles. The number of rotatable bonds is 22. The molecule has 0 saturated carbocycles. The first kappa shape index (κ1) is 39.2. The molecule has 0 heterocycles. The molecule has 0 unspecified atom stereocenters. The first-order valence-electron chi connectivity index (χ1n) is 18.7. The summed E-state index contributed by atoms with van der Waals surface area (Å²) in [5.41, 5.74) is 6.34. The minimum absolute atomic E-state index is 0.388. The van der Waals surface area contributed by atoms with Gasteiger partial charge >= 0.3 is 12.3 Å². The molecule has 0 aliphatic heterocycles. The van der Waals surface area contributed by atoms with Crippen LogP contribution in [0.25, 0.3) is 22.3 Å². The molecule has 0 bridgehead atoms. The number of carbonyl (C=O) groups excluding carboxylic acids is 2. The zero-order chi connectivity index (χ0) is 35.9. The molecule has 7 heteroatoms. The molecule has 0 aliphatic carbocycles. The predicted molar refractivity (Wildman–Crippen MR) is 203 cm³/mol. The fourth-order valence-electron chi connectivity index (χ4n) is 5.63. The van der Waals surface area contributed by atoms with E-state index in [1.165, 1.54) is 51.4 Å². The lowest BCUT2D eigenvalue weighted by Crippen LogP contribution is -2.11. The second kappa shape index (κ2) is 23.0. The summed E-state index contributed by atoms with van der Waals surface area (Å²) >= 11 is 0. The quantitative estimate of drug-likeness (QED) is 0.0460. The molecule has 0 amide bonds. The Labute approximate surface area is 304 Å². The lowest BCUT2D eigenvalue weighted by molar-refractivity contribution is 0.0962. The van der Waals surface area contributed by atoms with Crippen LogP contribution >= 0.6 is 0 Å². The molecule has 0 N–H and O–H groups in total. The third-order valence-corrected chi connectivity index (χ3v) is 8.66. The predicted octanol–water partition coefficient (Wildman–Crippen LogP) is 12.5. The lowest BCUT2D eigenvalue weighted by Gasteiger charge is -2.09. The average Bonchev–Trinajstić information content (AvgIpc) is 3.15. The lowest BCUT2D eigenvalue weighted by atomic mass is 10.0. The number of ether oxygens (including phenoxy) is 5. The second-order valence-electron chi connectivity index (χ2n) is 12.9. The minimum atomic E-state index is -0.660. The molecule has 272 valence electrons. The van der Waals surface area contributed by atoms with E-state index in [1.807, 2.05) is 24.3 Å². The highest BCUT2D eigenvalue weighted by Gasteiger charge is 2.09. The summed E-state index contributed by atoms with van der Waals surface area (Å²) in [5, 5.41) is 0. The molecular formula is C44H54O7. The molecule has 0 fully saturated rings. The van der Waals surface area contributed by atoms with Crippen molar-refractivity contribution in [2.45, 2.75) is 104 Å². The maximum atomic E-state index is 12.0. The van der Waals surface area contributed by atoms with Crippen molar-refractivity contribution in [3.63, 3.8) is 0 Å². The van der Waals surface area contributed by atoms with Crippen molar-refractivity contribution in [1.29, 1.82) is 0 Å². The molecule has 0 saturated heterocycles. The van der Waals surface area contributed by atoms with Crippen LogP contribution in [0.4, 0.5) is 9.59 Å². The zero-order valence-electron chi connectivity index (χ0n) is 30.4. The minimum Gasteiger partial charge on any atom is -0.434 e. The van der Waals surface area contributed by atoms with Crippen molar-refractivity contribution in [1.82, 2.24) is 0 Å². The van der Waals surface area contributed by atoms with Crippen LogP contribution in [-0.4, -0.2) is 25.5 Å². The molecule has 0 spiro atoms. The van der Waals surface area contributed by atoms with Crippen LogP contribution < -0.4 is 9.47 Å². The maximum absolute atomic E-state index is 12.0. The van der Waals surface area contributed by atoms with Gasteiger partial charge in [0.05, 0.1) is 26.4 Å². The van der Waals surface area contributed by atoms with E-state index in [0.717, 1.165) is 59.1 Å². The molecule has 0 radical (unpaired) electrons. The van der Waals surface area contributed by atoms with E-state index in [0.29, 0.717) is 37.9 Å². The average molecular weight is 695 g/mol. The van der Waals surface area contributed by atoms with E-state index in [9.17, 15) is 9.59 Å². The van der Waals surface area contributed by atoms with Gasteiger partial charge in [0, 0.05) is 0 Å². The maximum Gasteiger partial charge on any atom is 0.513 e. The van der Waals surface area contributed by atoms with Gasteiger partial charge in [-0.25, -0.2) is 9.59 Å². The topological polar surface area (TPSA) is 80.3 Å². The fraction of sp³-hybridized carbons (Fsp3) is 0.409. The smallest absolute Gasteiger partial charge is 0.434 e. The van der Waals surface area contributed by atoms with Crippen molar-refractivity contribution in [3.05, 3.63) is 108 Å². The van der Waals surface area contributed by atoms with Gasteiger partial charge < -0.3 is 23.7 Å². The summed E-state index contributed by atoms with van der Waals surface area (Å²) in [6, 6.07) is 31.4. The summed E-state index contributed by atoms with van der Waals surface area (Å²) in [7, 11) is 0. The third kappa shape index (κ3) is 15.0. The Morgan fingerprint density at radius 2 is 0.725 bits per heavy atom. The van der Waals surface area contributed by atoms with E-state index >= 15 is 0 Å². The molecular weight excluding hydrogens is 640 g/mol. The number of hydrogen-bond donors (Lipinski definition) is 0. The van der Waals surface area contributed by atoms with E-state index < -0.39 is 12.3 Å². The van der Waals surface area contributed by atoms with Gasteiger partial charge in [0.2, 0.25) is 0 Å². The second-order valence-corrected chi connectivity index (χ2v) is 12.9. The van der Waals surface area contributed by atoms with E-state index in [1.54, 1.807) is 24.3 Å². The molecule has 4 aromatic rings. The number of carbonyl (C=O) groups is 2. The highest BCUT2D eigenvalue weighted by Crippen LogP contribution is 2.25. The van der Waals surface area contributed by atoms with Crippen LogP contribution in [0, 0.1) is 0 Å². The Morgan fingerprint density at radius 3 is 1.08 bits per heavy atom. The van der Waals surface area contributed by atoms with Gasteiger partial charge in [-0.3, -0.25) is 0 Å².